The molecule has 3 radical (unpaired) electrons. The fourth-order valence-corrected chi connectivity index (χ4v) is 0.539. The van der Waals surface area contributed by atoms with Gasteiger partial charge in [0.1, 0.15) is 0 Å². The third-order valence-electron chi connectivity index (χ3n) is 0.562. The van der Waals surface area contributed by atoms with Crippen LogP contribution in [0.3, 0.4) is 0 Å². The molecule has 2 N–H and O–H groups in total. The maximum Gasteiger partial charge on any atom is 0.298 e. The van der Waals surface area contributed by atoms with Crippen LogP contribution >= 0.6 is 16.1 Å². The molecule has 1 fully saturated rings. The van der Waals surface area contributed by atoms with E-state index in [1.807, 2.05) is 0 Å². The zero-order chi connectivity index (χ0) is 5.11. The Bertz CT molecular complexity index is 52.1. The van der Waals surface area contributed by atoms with Gasteiger partial charge in [-0.2, -0.15) is 0 Å². The van der Waals surface area contributed by atoms with E-state index in [0.29, 0.717) is 0 Å². The van der Waals surface area contributed by atoms with Crippen molar-refractivity contribution in [2.45, 2.75) is 0 Å². The predicted molar refractivity (Wildman–Crippen MR) is 34.3 cm³/mol. The number of hydrogen-bond acceptors (Lipinski definition) is 3. The van der Waals surface area contributed by atoms with E-state index in [-0.39, 0.29) is 0 Å². The minimum atomic E-state index is 1.70. The lowest BCUT2D eigenvalue weighted by molar-refractivity contribution is 1.08. The highest BCUT2D eigenvalue weighted by atomic mass is 79.9. The van der Waals surface area contributed by atoms with Crippen LogP contribution in [0.4, 0.5) is 0 Å². The van der Waals surface area contributed by atoms with E-state index in [1.165, 1.54) is 0 Å². The van der Waals surface area contributed by atoms with Crippen LogP contribution in [0, 0.1) is 0 Å². The first-order chi connectivity index (χ1) is 3.39. The molecule has 1 rings (SSSR count). The van der Waals surface area contributed by atoms with Crippen molar-refractivity contribution in [3.05, 3.63) is 0 Å². The normalized spacial score (nSPS) is 21.9. The average molecular weight is 156 g/mol. The topological polar surface area (TPSA) is 27.3 Å². The molecule has 3 nitrogen and oxygen atoms in total. The Balaban J connectivity index is 2.12. The van der Waals surface area contributed by atoms with Gasteiger partial charge in [0.2, 0.25) is 0 Å². The molecule has 0 aromatic rings. The van der Waals surface area contributed by atoms with Gasteiger partial charge in [-0.3, -0.25) is 0 Å². The van der Waals surface area contributed by atoms with Gasteiger partial charge in [-0.05, 0) is 16.1 Å². The van der Waals surface area contributed by atoms with Gasteiger partial charge >= 0.3 is 0 Å². The Morgan fingerprint density at radius 1 is 1.29 bits per heavy atom. The van der Waals surface area contributed by atoms with Gasteiger partial charge < -0.3 is 14.0 Å². The second kappa shape index (κ2) is 2.76. The first-order valence-electron chi connectivity index (χ1n) is 1.84. The lowest BCUT2D eigenvalue weighted by Gasteiger charge is -2.16. The minimum absolute atomic E-state index is 1.70. The van der Waals surface area contributed by atoms with Crippen LogP contribution in [0.2, 0.25) is 0 Å². The van der Waals surface area contributed by atoms with Crippen molar-refractivity contribution in [2.24, 2.45) is 0 Å². The van der Waals surface area contributed by atoms with Crippen LogP contribution in [0.5, 0.6) is 0 Å². The van der Waals surface area contributed by atoms with Crippen LogP contribution < -0.4 is 10.3 Å². The van der Waals surface area contributed by atoms with Crippen molar-refractivity contribution in [1.29, 1.82) is 0 Å². The quantitative estimate of drug-likeness (QED) is 0.327. The maximum absolute atomic E-state index is 3.17. The van der Waals surface area contributed by atoms with Gasteiger partial charge in [-0.25, -0.2) is 0 Å². The molecule has 0 bridgehead atoms. The summed E-state index contributed by atoms with van der Waals surface area (Å²) >= 11 is 3.17. The van der Waals surface area contributed by atoms with Crippen molar-refractivity contribution < 1.29 is 0 Å². The maximum atomic E-state index is 3.17. The van der Waals surface area contributed by atoms with Crippen LogP contribution in [0.25, 0.3) is 0 Å². The Morgan fingerprint density at radius 3 is 2.14 bits per heavy atom. The predicted octanol–water partition coefficient (Wildman–Crippen LogP) is -1.61. The van der Waals surface area contributed by atoms with Gasteiger partial charge in [0.05, 0.1) is 0 Å². The van der Waals surface area contributed by atoms with E-state index < -0.39 is 0 Å². The molecule has 0 aromatic heterocycles. The second-order valence-corrected chi connectivity index (χ2v) is 1.90. The summed E-state index contributed by atoms with van der Waals surface area (Å²) in [6, 6.07) is 0. The molecule has 1 aliphatic heterocycles. The molecule has 1 aliphatic rings. The zero-order valence-electron chi connectivity index (χ0n) is 3.56. The third kappa shape index (κ3) is 1.86. The summed E-state index contributed by atoms with van der Waals surface area (Å²) in [5.41, 5.74) is 0. The summed E-state index contributed by atoms with van der Waals surface area (Å²) < 4.78 is 1.70. The second-order valence-electron chi connectivity index (χ2n) is 1.08. The van der Waals surface area contributed by atoms with E-state index in [4.69, 9.17) is 0 Å². The highest BCUT2D eigenvalue weighted by Gasteiger charge is 2.09. The van der Waals surface area contributed by atoms with Crippen molar-refractivity contribution in [1.82, 2.24) is 14.0 Å². The molecule has 0 amide bonds. The molecule has 1 heterocycles. The molecular formula is H2B3BrN3. The summed E-state index contributed by atoms with van der Waals surface area (Å²) in [4.78, 5) is 0. The monoisotopic (exact) mass is 156 g/mol. The van der Waals surface area contributed by atoms with Crippen LogP contribution in [-0.2, 0) is 0 Å². The highest BCUT2D eigenvalue weighted by molar-refractivity contribution is 9.08. The smallest absolute Gasteiger partial charge is 0.298 e. The van der Waals surface area contributed by atoms with Gasteiger partial charge in [0.15, 0.2) is 0 Å². The van der Waals surface area contributed by atoms with Gasteiger partial charge in [0.25, 0.3) is 22.6 Å². The molecule has 0 aromatic carbocycles. The van der Waals surface area contributed by atoms with Crippen LogP contribution in [0.15, 0.2) is 0 Å². The van der Waals surface area contributed by atoms with Crippen LogP contribution in [0.1, 0.15) is 0 Å². The molecule has 7 heavy (non-hydrogen) atoms. The molecule has 0 aliphatic carbocycles. The number of nitrogens with one attached hydrogen (secondary N) is 2. The number of nitrogens with zero attached hydrogens (tertiary/aromatic N) is 1. The minimum Gasteiger partial charge on any atom is -0.378 e. The summed E-state index contributed by atoms with van der Waals surface area (Å²) in [6.45, 7) is 0. The van der Waals surface area contributed by atoms with Crippen molar-refractivity contribution in [3.8, 4) is 0 Å². The van der Waals surface area contributed by atoms with Crippen molar-refractivity contribution in [2.75, 3.05) is 0 Å². The molecule has 0 atom stereocenters. The Morgan fingerprint density at radius 2 is 1.86 bits per heavy atom. The van der Waals surface area contributed by atoms with Crippen molar-refractivity contribution >= 4 is 38.8 Å². The first kappa shape index (κ1) is 5.69. The molecule has 1 saturated heterocycles. The van der Waals surface area contributed by atoms with E-state index in [1.54, 1.807) is 26.4 Å². The number of hydrogen-bond donors (Lipinski definition) is 2. The lowest BCUT2D eigenvalue weighted by atomic mass is 9.85. The van der Waals surface area contributed by atoms with E-state index in [0.717, 1.165) is 0 Å². The number of halogens is 1. The summed E-state index contributed by atoms with van der Waals surface area (Å²) in [7, 11) is 5.24. The van der Waals surface area contributed by atoms with Gasteiger partial charge in [0, 0.05) is 0 Å². The molecule has 0 saturated carbocycles. The fourth-order valence-electron chi connectivity index (χ4n) is 0.302. The highest BCUT2D eigenvalue weighted by Crippen LogP contribution is 1.87. The molecule has 0 unspecified atom stereocenters. The average Bonchev–Trinajstić information content (AvgIpc) is 1.69. The summed E-state index contributed by atoms with van der Waals surface area (Å²) in [6.07, 6.45) is 0. The van der Waals surface area contributed by atoms with E-state index in [2.05, 4.69) is 26.4 Å². The molecule has 7 heteroatoms. The Hall–Kier alpha value is 0.555. The standard InChI is InChI=1S/B3BrH2N3/c4-7-2-5-1-6-3-7/h5-6H. The Labute approximate surface area is 53.4 Å². The van der Waals surface area contributed by atoms with E-state index in [9.17, 15) is 0 Å². The zero-order valence-corrected chi connectivity index (χ0v) is 5.14. The van der Waals surface area contributed by atoms with Crippen molar-refractivity contribution in [3.63, 3.8) is 0 Å². The summed E-state index contributed by atoms with van der Waals surface area (Å²) in [5, 5.41) is 5.64. The molecule has 0 spiro atoms. The van der Waals surface area contributed by atoms with E-state index >= 15 is 0 Å². The van der Waals surface area contributed by atoms with Gasteiger partial charge in [-0.15, -0.1) is 0 Å². The largest absolute Gasteiger partial charge is 0.378 e. The fraction of sp³-hybridized carbons (Fsp3) is 0. The lowest BCUT2D eigenvalue weighted by Crippen LogP contribution is -2.53. The Kier molecular flexibility index (Phi) is 2.25. The molecular weight excluding hydrogens is 154 g/mol. The van der Waals surface area contributed by atoms with Crippen LogP contribution in [-0.4, -0.2) is 26.4 Å². The van der Waals surface area contributed by atoms with Gasteiger partial charge in [-0.1, -0.05) is 0 Å². The third-order valence-corrected chi connectivity index (χ3v) is 0.972. The number of rotatable bonds is 0. The first-order valence-corrected chi connectivity index (χ1v) is 2.55. The SMILES string of the molecule is BrN1[B]N[B]N[B]1. The molecule has 33 valence electrons. The summed E-state index contributed by atoms with van der Waals surface area (Å²) in [5.74, 6) is 0.